The number of hydrogen-bond donors (Lipinski definition) is 1. The lowest BCUT2D eigenvalue weighted by Crippen LogP contribution is -2.40. The van der Waals surface area contributed by atoms with E-state index in [0.29, 0.717) is 11.8 Å². The van der Waals surface area contributed by atoms with E-state index in [4.69, 9.17) is 9.47 Å². The number of ether oxygens (including phenoxy) is 2. The Morgan fingerprint density at radius 2 is 2.15 bits per heavy atom. The van der Waals surface area contributed by atoms with E-state index in [9.17, 15) is 0 Å². The summed E-state index contributed by atoms with van der Waals surface area (Å²) in [5.41, 5.74) is 1.40. The highest BCUT2D eigenvalue weighted by molar-refractivity contribution is 5.32. The fourth-order valence-corrected chi connectivity index (χ4v) is 3.30. The molecule has 110 valence electrons. The Morgan fingerprint density at radius 1 is 1.30 bits per heavy atom. The Labute approximate surface area is 121 Å². The van der Waals surface area contributed by atoms with E-state index in [2.05, 4.69) is 28.4 Å². The van der Waals surface area contributed by atoms with Gasteiger partial charge in [-0.05, 0) is 30.2 Å². The van der Waals surface area contributed by atoms with Gasteiger partial charge in [0.25, 0.3) is 0 Å². The standard InChI is InChI=1S/C16H24N2O2/c1-19-15-4-2-3-13(9-15)16-11-17-10-14(16)12-18-5-7-20-8-6-18/h2-4,9,14,16-17H,5-8,10-12H2,1H3. The minimum atomic E-state index is 0.591. The van der Waals surface area contributed by atoms with E-state index in [0.717, 1.165) is 51.7 Å². The van der Waals surface area contributed by atoms with Gasteiger partial charge in [0.15, 0.2) is 0 Å². The van der Waals surface area contributed by atoms with E-state index < -0.39 is 0 Å². The van der Waals surface area contributed by atoms with Crippen LogP contribution in [0.4, 0.5) is 0 Å². The largest absolute Gasteiger partial charge is 0.497 e. The van der Waals surface area contributed by atoms with Crippen LogP contribution in [0, 0.1) is 5.92 Å². The minimum Gasteiger partial charge on any atom is -0.497 e. The van der Waals surface area contributed by atoms with Crippen molar-refractivity contribution in [3.05, 3.63) is 29.8 Å². The van der Waals surface area contributed by atoms with Crippen molar-refractivity contribution < 1.29 is 9.47 Å². The van der Waals surface area contributed by atoms with E-state index in [1.165, 1.54) is 5.56 Å². The zero-order valence-electron chi connectivity index (χ0n) is 12.2. The van der Waals surface area contributed by atoms with Crippen LogP contribution in [0.3, 0.4) is 0 Å². The highest BCUT2D eigenvalue weighted by Gasteiger charge is 2.30. The number of nitrogens with one attached hydrogen (secondary N) is 1. The van der Waals surface area contributed by atoms with E-state index in [1.54, 1.807) is 7.11 Å². The second-order valence-electron chi connectivity index (χ2n) is 5.71. The Bertz CT molecular complexity index is 432. The summed E-state index contributed by atoms with van der Waals surface area (Å²) in [5.74, 6) is 2.23. The first-order valence-corrected chi connectivity index (χ1v) is 7.51. The second-order valence-corrected chi connectivity index (χ2v) is 5.71. The Balaban J connectivity index is 1.67. The van der Waals surface area contributed by atoms with Crippen molar-refractivity contribution in [2.75, 3.05) is 53.0 Å². The zero-order valence-corrected chi connectivity index (χ0v) is 12.2. The molecule has 2 saturated heterocycles. The van der Waals surface area contributed by atoms with Gasteiger partial charge < -0.3 is 14.8 Å². The fourth-order valence-electron chi connectivity index (χ4n) is 3.30. The van der Waals surface area contributed by atoms with Crippen molar-refractivity contribution in [2.24, 2.45) is 5.92 Å². The molecule has 4 heteroatoms. The van der Waals surface area contributed by atoms with Crippen molar-refractivity contribution in [1.82, 2.24) is 10.2 Å². The average molecular weight is 276 g/mol. The van der Waals surface area contributed by atoms with Crippen LogP contribution in [0.2, 0.25) is 0 Å². The molecule has 0 radical (unpaired) electrons. The molecule has 1 N–H and O–H groups in total. The third-order valence-electron chi connectivity index (χ3n) is 4.46. The predicted octanol–water partition coefficient (Wildman–Crippen LogP) is 1.33. The molecule has 0 amide bonds. The maximum absolute atomic E-state index is 5.43. The molecule has 0 aliphatic carbocycles. The molecule has 1 aromatic rings. The molecule has 20 heavy (non-hydrogen) atoms. The van der Waals surface area contributed by atoms with Gasteiger partial charge in [0.2, 0.25) is 0 Å². The molecule has 3 rings (SSSR count). The van der Waals surface area contributed by atoms with E-state index in [-0.39, 0.29) is 0 Å². The lowest BCUT2D eigenvalue weighted by Gasteiger charge is -2.31. The Morgan fingerprint density at radius 3 is 2.95 bits per heavy atom. The summed E-state index contributed by atoms with van der Waals surface area (Å²) < 4.78 is 10.8. The SMILES string of the molecule is COc1cccc(C2CNCC2CN2CCOCC2)c1. The number of hydrogen-bond acceptors (Lipinski definition) is 4. The summed E-state index contributed by atoms with van der Waals surface area (Å²) in [6, 6.07) is 8.53. The van der Waals surface area contributed by atoms with Gasteiger partial charge in [0.05, 0.1) is 20.3 Å². The molecule has 0 aromatic heterocycles. The quantitative estimate of drug-likeness (QED) is 0.899. The van der Waals surface area contributed by atoms with Crippen LogP contribution >= 0.6 is 0 Å². The summed E-state index contributed by atoms with van der Waals surface area (Å²) in [4.78, 5) is 2.54. The van der Waals surface area contributed by atoms with E-state index in [1.807, 2.05) is 6.07 Å². The molecular formula is C16H24N2O2. The molecule has 1 aromatic carbocycles. The third-order valence-corrected chi connectivity index (χ3v) is 4.46. The van der Waals surface area contributed by atoms with Gasteiger partial charge in [-0.1, -0.05) is 12.1 Å². The summed E-state index contributed by atoms with van der Waals surface area (Å²) >= 11 is 0. The van der Waals surface area contributed by atoms with E-state index >= 15 is 0 Å². The molecule has 2 atom stereocenters. The van der Waals surface area contributed by atoms with Crippen molar-refractivity contribution in [3.63, 3.8) is 0 Å². The lowest BCUT2D eigenvalue weighted by molar-refractivity contribution is 0.0308. The monoisotopic (exact) mass is 276 g/mol. The topological polar surface area (TPSA) is 33.7 Å². The van der Waals surface area contributed by atoms with Crippen molar-refractivity contribution in [2.45, 2.75) is 5.92 Å². The summed E-state index contributed by atoms with van der Waals surface area (Å²) in [7, 11) is 1.73. The van der Waals surface area contributed by atoms with Crippen LogP contribution in [0.5, 0.6) is 5.75 Å². The van der Waals surface area contributed by atoms with Crippen LogP contribution in [-0.4, -0.2) is 57.9 Å². The van der Waals surface area contributed by atoms with Gasteiger partial charge in [0, 0.05) is 32.1 Å². The highest BCUT2D eigenvalue weighted by Crippen LogP contribution is 2.30. The molecule has 0 saturated carbocycles. The predicted molar refractivity (Wildman–Crippen MR) is 79.4 cm³/mol. The van der Waals surface area contributed by atoms with Gasteiger partial charge in [-0.25, -0.2) is 0 Å². The minimum absolute atomic E-state index is 0.591. The lowest BCUT2D eigenvalue weighted by atomic mass is 9.88. The van der Waals surface area contributed by atoms with Crippen molar-refractivity contribution >= 4 is 0 Å². The number of nitrogens with zero attached hydrogens (tertiary/aromatic N) is 1. The fraction of sp³-hybridized carbons (Fsp3) is 0.625. The summed E-state index contributed by atoms with van der Waals surface area (Å²) in [6.07, 6.45) is 0. The smallest absolute Gasteiger partial charge is 0.119 e. The zero-order chi connectivity index (χ0) is 13.8. The first-order chi connectivity index (χ1) is 9.86. The molecule has 2 unspecified atom stereocenters. The maximum atomic E-state index is 5.43. The normalized spacial score (nSPS) is 27.6. The summed E-state index contributed by atoms with van der Waals surface area (Å²) in [6.45, 7) is 7.25. The summed E-state index contributed by atoms with van der Waals surface area (Å²) in [5, 5.41) is 3.55. The molecule has 2 fully saturated rings. The van der Waals surface area contributed by atoms with Crippen molar-refractivity contribution in [1.29, 1.82) is 0 Å². The Kier molecular flexibility index (Phi) is 4.55. The van der Waals surface area contributed by atoms with Crippen LogP contribution < -0.4 is 10.1 Å². The van der Waals surface area contributed by atoms with Crippen LogP contribution in [0.1, 0.15) is 11.5 Å². The van der Waals surface area contributed by atoms with Crippen LogP contribution in [-0.2, 0) is 4.74 Å². The third kappa shape index (κ3) is 3.14. The molecule has 2 aliphatic rings. The van der Waals surface area contributed by atoms with Gasteiger partial charge >= 0.3 is 0 Å². The maximum Gasteiger partial charge on any atom is 0.119 e. The molecule has 4 nitrogen and oxygen atoms in total. The van der Waals surface area contributed by atoms with Crippen molar-refractivity contribution in [3.8, 4) is 5.75 Å². The molecular weight excluding hydrogens is 252 g/mol. The average Bonchev–Trinajstić information content (AvgIpc) is 2.96. The second kappa shape index (κ2) is 6.57. The number of benzene rings is 1. The van der Waals surface area contributed by atoms with Crippen LogP contribution in [0.15, 0.2) is 24.3 Å². The highest BCUT2D eigenvalue weighted by atomic mass is 16.5. The molecule has 2 aliphatic heterocycles. The first kappa shape index (κ1) is 13.9. The van der Waals surface area contributed by atoms with Crippen LogP contribution in [0.25, 0.3) is 0 Å². The molecule has 2 heterocycles. The molecule has 0 bridgehead atoms. The van der Waals surface area contributed by atoms with Gasteiger partial charge in [-0.3, -0.25) is 4.90 Å². The van der Waals surface area contributed by atoms with Gasteiger partial charge in [-0.15, -0.1) is 0 Å². The number of rotatable bonds is 4. The van der Waals surface area contributed by atoms with Gasteiger partial charge in [-0.2, -0.15) is 0 Å². The first-order valence-electron chi connectivity index (χ1n) is 7.51. The van der Waals surface area contributed by atoms with Gasteiger partial charge in [0.1, 0.15) is 5.75 Å². The number of methoxy groups -OCH3 is 1. The Hall–Kier alpha value is -1.10. The molecule has 0 spiro atoms. The number of morpholine rings is 1.